The van der Waals surface area contributed by atoms with Gasteiger partial charge in [-0.3, -0.25) is 4.31 Å². The van der Waals surface area contributed by atoms with Crippen LogP contribution in [-0.2, 0) is 16.4 Å². The van der Waals surface area contributed by atoms with E-state index in [2.05, 4.69) is 15.9 Å². The molecular formula is C16H14BrNO4S. The predicted molar refractivity (Wildman–Crippen MR) is 90.5 cm³/mol. The van der Waals surface area contributed by atoms with Crippen LogP contribution in [0.2, 0.25) is 0 Å². The summed E-state index contributed by atoms with van der Waals surface area (Å²) in [5.41, 5.74) is 2.37. The molecule has 7 heteroatoms. The summed E-state index contributed by atoms with van der Waals surface area (Å²) in [5.74, 6) is -1.03. The van der Waals surface area contributed by atoms with E-state index in [1.807, 2.05) is 6.92 Å². The Balaban J connectivity index is 2.09. The molecule has 0 saturated heterocycles. The average Bonchev–Trinajstić information content (AvgIpc) is 2.93. The van der Waals surface area contributed by atoms with E-state index in [1.54, 1.807) is 24.3 Å². The molecule has 0 saturated carbocycles. The molecule has 1 N–H and O–H groups in total. The van der Waals surface area contributed by atoms with Crippen LogP contribution in [0.4, 0.5) is 5.69 Å². The van der Waals surface area contributed by atoms with E-state index in [1.165, 1.54) is 16.4 Å². The van der Waals surface area contributed by atoms with Gasteiger partial charge < -0.3 is 5.11 Å². The topological polar surface area (TPSA) is 74.7 Å². The first-order valence-electron chi connectivity index (χ1n) is 6.96. The fraction of sp³-hybridized carbons (Fsp3) is 0.188. The second kappa shape index (κ2) is 5.65. The van der Waals surface area contributed by atoms with Crippen molar-refractivity contribution in [2.45, 2.75) is 18.2 Å². The van der Waals surface area contributed by atoms with Crippen LogP contribution in [0.3, 0.4) is 0 Å². The molecule has 1 aliphatic heterocycles. The molecule has 0 radical (unpaired) electrons. The van der Waals surface area contributed by atoms with Gasteiger partial charge in [0.1, 0.15) is 0 Å². The van der Waals surface area contributed by atoms with Crippen molar-refractivity contribution in [1.82, 2.24) is 0 Å². The second-order valence-corrected chi connectivity index (χ2v) is 8.13. The summed E-state index contributed by atoms with van der Waals surface area (Å²) in [4.78, 5) is 11.4. The smallest absolute Gasteiger partial charge is 0.335 e. The number of hydrogen-bond acceptors (Lipinski definition) is 3. The van der Waals surface area contributed by atoms with E-state index in [-0.39, 0.29) is 10.5 Å². The Kier molecular flexibility index (Phi) is 3.93. The number of carboxylic acids is 1. The van der Waals surface area contributed by atoms with Crippen molar-refractivity contribution >= 4 is 37.6 Å². The molecular weight excluding hydrogens is 382 g/mol. The molecule has 3 rings (SSSR count). The number of carboxylic acid groups (broad SMARTS) is 1. The Bertz CT molecular complexity index is 891. The summed E-state index contributed by atoms with van der Waals surface area (Å²) < 4.78 is 27.5. The maximum absolute atomic E-state index is 12.9. The Morgan fingerprint density at radius 2 is 1.87 bits per heavy atom. The lowest BCUT2D eigenvalue weighted by Crippen LogP contribution is -2.29. The maximum atomic E-state index is 12.9. The van der Waals surface area contributed by atoms with E-state index in [0.29, 0.717) is 28.7 Å². The first-order valence-corrected chi connectivity index (χ1v) is 9.19. The lowest BCUT2D eigenvalue weighted by atomic mass is 10.1. The number of carbonyl (C=O) groups is 1. The molecule has 120 valence electrons. The number of rotatable bonds is 3. The summed E-state index contributed by atoms with van der Waals surface area (Å²) in [6.45, 7) is 2.19. The van der Waals surface area contributed by atoms with E-state index in [4.69, 9.17) is 5.11 Å². The standard InChI is InChI=1S/C16H14BrNO4S/c1-10-2-4-13(5-3-10)23(21,22)18-7-6-11-8-12(16(19)20)9-14(17)15(11)18/h2-5,8-9H,6-7H2,1H3,(H,19,20). The predicted octanol–water partition coefficient (Wildman–Crippen LogP) is 3.21. The normalized spacial score (nSPS) is 13.9. The van der Waals surface area contributed by atoms with E-state index >= 15 is 0 Å². The summed E-state index contributed by atoms with van der Waals surface area (Å²) in [6, 6.07) is 9.65. The minimum absolute atomic E-state index is 0.144. The lowest BCUT2D eigenvalue weighted by Gasteiger charge is -2.21. The minimum atomic E-state index is -3.67. The maximum Gasteiger partial charge on any atom is 0.335 e. The first kappa shape index (κ1) is 16.0. The monoisotopic (exact) mass is 395 g/mol. The van der Waals surface area contributed by atoms with Gasteiger partial charge in [0.05, 0.1) is 16.1 Å². The Labute approximate surface area is 142 Å². The quantitative estimate of drug-likeness (QED) is 0.865. The average molecular weight is 396 g/mol. The van der Waals surface area contributed by atoms with E-state index in [9.17, 15) is 13.2 Å². The zero-order chi connectivity index (χ0) is 16.8. The number of halogens is 1. The van der Waals surface area contributed by atoms with Crippen molar-refractivity contribution in [1.29, 1.82) is 0 Å². The Hall–Kier alpha value is -1.86. The van der Waals surface area contributed by atoms with Gasteiger partial charge in [-0.15, -0.1) is 0 Å². The third kappa shape index (κ3) is 2.74. The highest BCUT2D eigenvalue weighted by Gasteiger charge is 2.33. The van der Waals surface area contributed by atoms with Crippen molar-refractivity contribution in [3.63, 3.8) is 0 Å². The van der Waals surface area contributed by atoms with Crippen molar-refractivity contribution in [2.75, 3.05) is 10.8 Å². The molecule has 2 aromatic rings. The van der Waals surface area contributed by atoms with Crippen LogP contribution in [0.15, 0.2) is 45.8 Å². The van der Waals surface area contributed by atoms with Gasteiger partial charge in [0.2, 0.25) is 0 Å². The van der Waals surface area contributed by atoms with Gasteiger partial charge >= 0.3 is 5.97 Å². The van der Waals surface area contributed by atoms with Crippen LogP contribution < -0.4 is 4.31 Å². The van der Waals surface area contributed by atoms with Gasteiger partial charge in [-0.05, 0) is 59.1 Å². The molecule has 5 nitrogen and oxygen atoms in total. The molecule has 0 fully saturated rings. The van der Waals surface area contributed by atoms with Gasteiger partial charge in [-0.2, -0.15) is 0 Å². The SMILES string of the molecule is Cc1ccc(S(=O)(=O)N2CCc3cc(C(=O)O)cc(Br)c32)cc1. The number of sulfonamides is 1. The minimum Gasteiger partial charge on any atom is -0.478 e. The molecule has 1 aliphatic rings. The molecule has 0 unspecified atom stereocenters. The van der Waals surface area contributed by atoms with Gasteiger partial charge in [-0.1, -0.05) is 17.7 Å². The number of aryl methyl sites for hydroxylation is 1. The van der Waals surface area contributed by atoms with Crippen molar-refractivity contribution < 1.29 is 18.3 Å². The van der Waals surface area contributed by atoms with Gasteiger partial charge in [0.15, 0.2) is 0 Å². The summed E-state index contributed by atoms with van der Waals surface area (Å²) in [6.07, 6.45) is 0.486. The van der Waals surface area contributed by atoms with E-state index in [0.717, 1.165) is 5.56 Å². The molecule has 0 atom stereocenters. The molecule has 1 heterocycles. The van der Waals surface area contributed by atoms with Crippen molar-refractivity contribution in [3.8, 4) is 0 Å². The highest BCUT2D eigenvalue weighted by Crippen LogP contribution is 2.39. The van der Waals surface area contributed by atoms with Crippen molar-refractivity contribution in [3.05, 3.63) is 57.6 Å². The molecule has 2 aromatic carbocycles. The highest BCUT2D eigenvalue weighted by atomic mass is 79.9. The van der Waals surface area contributed by atoms with Crippen LogP contribution in [0.5, 0.6) is 0 Å². The van der Waals surface area contributed by atoms with Crippen molar-refractivity contribution in [2.24, 2.45) is 0 Å². The Morgan fingerprint density at radius 3 is 2.48 bits per heavy atom. The summed E-state index contributed by atoms with van der Waals surface area (Å²) in [7, 11) is -3.67. The molecule has 23 heavy (non-hydrogen) atoms. The number of aromatic carboxylic acids is 1. The molecule has 0 aromatic heterocycles. The molecule has 0 spiro atoms. The van der Waals surface area contributed by atoms with E-state index < -0.39 is 16.0 Å². The number of nitrogens with zero attached hydrogens (tertiary/aromatic N) is 1. The summed E-state index contributed by atoms with van der Waals surface area (Å²) >= 11 is 3.31. The summed E-state index contributed by atoms with van der Waals surface area (Å²) in [5, 5.41) is 9.12. The second-order valence-electron chi connectivity index (χ2n) is 5.41. The third-order valence-electron chi connectivity index (χ3n) is 3.83. The van der Waals surface area contributed by atoms with Gasteiger partial charge in [0, 0.05) is 11.0 Å². The number of hydrogen-bond donors (Lipinski definition) is 1. The molecule has 0 amide bonds. The van der Waals surface area contributed by atoms with Crippen LogP contribution >= 0.6 is 15.9 Å². The van der Waals surface area contributed by atoms with Gasteiger partial charge in [0.25, 0.3) is 10.0 Å². The fourth-order valence-corrected chi connectivity index (χ4v) is 5.02. The fourth-order valence-electron chi connectivity index (χ4n) is 2.66. The zero-order valence-corrected chi connectivity index (χ0v) is 14.7. The molecule has 0 bridgehead atoms. The number of anilines is 1. The highest BCUT2D eigenvalue weighted by molar-refractivity contribution is 9.10. The Morgan fingerprint density at radius 1 is 1.22 bits per heavy atom. The first-order chi connectivity index (χ1) is 10.8. The lowest BCUT2D eigenvalue weighted by molar-refractivity contribution is 0.0696. The van der Waals surface area contributed by atoms with Crippen LogP contribution in [0.25, 0.3) is 0 Å². The van der Waals surface area contributed by atoms with Crippen LogP contribution in [-0.4, -0.2) is 26.0 Å². The zero-order valence-electron chi connectivity index (χ0n) is 12.3. The van der Waals surface area contributed by atoms with Crippen LogP contribution in [0, 0.1) is 6.92 Å². The number of fused-ring (bicyclic) bond motifs is 1. The third-order valence-corrected chi connectivity index (χ3v) is 6.25. The van der Waals surface area contributed by atoms with Gasteiger partial charge in [-0.25, -0.2) is 13.2 Å². The van der Waals surface area contributed by atoms with Crippen LogP contribution in [0.1, 0.15) is 21.5 Å². The number of benzene rings is 2. The largest absolute Gasteiger partial charge is 0.478 e. The molecule has 0 aliphatic carbocycles.